The second kappa shape index (κ2) is 7.21. The van der Waals surface area contributed by atoms with Gasteiger partial charge in [-0.25, -0.2) is 4.68 Å². The maximum Gasteiger partial charge on any atom is 0.235 e. The van der Waals surface area contributed by atoms with Gasteiger partial charge in [-0.2, -0.15) is 0 Å². The molecule has 24 heavy (non-hydrogen) atoms. The van der Waals surface area contributed by atoms with Gasteiger partial charge >= 0.3 is 0 Å². The maximum atomic E-state index is 12.4. The first-order chi connectivity index (χ1) is 11.5. The lowest BCUT2D eigenvalue weighted by molar-refractivity contribution is -0.129. The van der Waals surface area contributed by atoms with Crippen molar-refractivity contribution in [2.45, 2.75) is 30.2 Å². The molecule has 1 aromatic heterocycles. The molecule has 0 aliphatic carbocycles. The summed E-state index contributed by atoms with van der Waals surface area (Å²) in [5.41, 5.74) is 0.601. The van der Waals surface area contributed by atoms with Crippen LogP contribution in [0.1, 0.15) is 19.8 Å². The summed E-state index contributed by atoms with van der Waals surface area (Å²) in [4.78, 5) is 14.3. The number of amides is 1. The van der Waals surface area contributed by atoms with Gasteiger partial charge in [0.1, 0.15) is 0 Å². The van der Waals surface area contributed by atoms with E-state index in [1.165, 1.54) is 16.4 Å². The highest BCUT2D eigenvalue weighted by Gasteiger charge is 2.26. The number of nitrogens with zero attached hydrogens (tertiary/aromatic N) is 4. The SMILES string of the molecule is C[C@@H](Sc1nnc(-c2cc(Cl)ccc2Cl)n1N)C(=O)N1CCCC1. The molecule has 0 spiro atoms. The van der Waals surface area contributed by atoms with Crippen molar-refractivity contribution >= 4 is 40.9 Å². The van der Waals surface area contributed by atoms with Crippen molar-refractivity contribution in [1.29, 1.82) is 0 Å². The fourth-order valence-corrected chi connectivity index (χ4v) is 3.84. The summed E-state index contributed by atoms with van der Waals surface area (Å²) >= 11 is 13.5. The quantitative estimate of drug-likeness (QED) is 0.646. The first kappa shape index (κ1) is 17.4. The van der Waals surface area contributed by atoms with Gasteiger partial charge in [0, 0.05) is 23.7 Å². The molecular formula is C15H17Cl2N5OS. The predicted molar refractivity (Wildman–Crippen MR) is 96.8 cm³/mol. The zero-order valence-electron chi connectivity index (χ0n) is 13.1. The first-order valence-corrected chi connectivity index (χ1v) is 9.22. The molecule has 6 nitrogen and oxygen atoms in total. The topological polar surface area (TPSA) is 77.0 Å². The molecule has 3 rings (SSSR count). The summed E-state index contributed by atoms with van der Waals surface area (Å²) in [5.74, 6) is 6.61. The van der Waals surface area contributed by atoms with Crippen LogP contribution in [-0.2, 0) is 4.79 Å². The lowest BCUT2D eigenvalue weighted by Crippen LogP contribution is -2.34. The number of benzene rings is 1. The highest BCUT2D eigenvalue weighted by Crippen LogP contribution is 2.31. The summed E-state index contributed by atoms with van der Waals surface area (Å²) in [5, 5.41) is 9.38. The van der Waals surface area contributed by atoms with E-state index in [9.17, 15) is 4.79 Å². The van der Waals surface area contributed by atoms with E-state index in [2.05, 4.69) is 10.2 Å². The zero-order valence-corrected chi connectivity index (χ0v) is 15.4. The first-order valence-electron chi connectivity index (χ1n) is 7.58. The van der Waals surface area contributed by atoms with Crippen LogP contribution in [-0.4, -0.2) is 44.0 Å². The van der Waals surface area contributed by atoms with Crippen molar-refractivity contribution in [3.05, 3.63) is 28.2 Å². The zero-order chi connectivity index (χ0) is 17.3. The molecule has 1 atom stereocenters. The maximum absolute atomic E-state index is 12.4. The Morgan fingerprint density at radius 1 is 1.29 bits per heavy atom. The van der Waals surface area contributed by atoms with Crippen molar-refractivity contribution in [2.75, 3.05) is 18.9 Å². The van der Waals surface area contributed by atoms with E-state index in [4.69, 9.17) is 29.0 Å². The van der Waals surface area contributed by atoms with Gasteiger partial charge in [0.15, 0.2) is 5.82 Å². The third-order valence-corrected chi connectivity index (χ3v) is 5.49. The van der Waals surface area contributed by atoms with Crippen LogP contribution in [0, 0.1) is 0 Å². The van der Waals surface area contributed by atoms with Crippen LogP contribution >= 0.6 is 35.0 Å². The minimum absolute atomic E-state index is 0.0998. The highest BCUT2D eigenvalue weighted by molar-refractivity contribution is 8.00. The van der Waals surface area contributed by atoms with Crippen LogP contribution in [0.15, 0.2) is 23.4 Å². The second-order valence-electron chi connectivity index (χ2n) is 5.59. The molecule has 0 bridgehead atoms. The number of likely N-dealkylation sites (tertiary alicyclic amines) is 1. The van der Waals surface area contributed by atoms with Crippen molar-refractivity contribution in [2.24, 2.45) is 0 Å². The van der Waals surface area contributed by atoms with E-state index in [-0.39, 0.29) is 11.2 Å². The molecule has 1 amide bonds. The third kappa shape index (κ3) is 3.48. The van der Waals surface area contributed by atoms with E-state index in [0.717, 1.165) is 25.9 Å². The van der Waals surface area contributed by atoms with E-state index in [1.807, 2.05) is 11.8 Å². The summed E-state index contributed by atoms with van der Waals surface area (Å²) in [7, 11) is 0. The average molecular weight is 386 g/mol. The van der Waals surface area contributed by atoms with Gasteiger partial charge in [-0.05, 0) is 38.0 Å². The molecule has 0 radical (unpaired) electrons. The Balaban J connectivity index is 1.80. The number of nitrogen functional groups attached to an aromatic ring is 1. The number of rotatable bonds is 4. The molecule has 0 unspecified atom stereocenters. The number of hydrogen-bond donors (Lipinski definition) is 1. The molecule has 1 saturated heterocycles. The standard InChI is InChI=1S/C15H17Cl2N5OS/c1-9(14(23)21-6-2-3-7-21)24-15-20-19-13(22(15)18)11-8-10(16)4-5-12(11)17/h4-5,8-9H,2-3,6-7,18H2,1H3/t9-/m1/s1. The van der Waals surface area contributed by atoms with Crippen LogP contribution in [0.25, 0.3) is 11.4 Å². The van der Waals surface area contributed by atoms with Crippen LogP contribution in [0.2, 0.25) is 10.0 Å². The summed E-state index contributed by atoms with van der Waals surface area (Å²) in [6.45, 7) is 3.50. The lowest BCUT2D eigenvalue weighted by atomic mass is 10.2. The molecule has 1 fully saturated rings. The average Bonchev–Trinajstić information content (AvgIpc) is 3.20. The smallest absolute Gasteiger partial charge is 0.235 e. The largest absolute Gasteiger partial charge is 0.342 e. The van der Waals surface area contributed by atoms with Crippen LogP contribution in [0.4, 0.5) is 0 Å². The molecule has 2 heterocycles. The van der Waals surface area contributed by atoms with Gasteiger partial charge in [-0.1, -0.05) is 35.0 Å². The Kier molecular flexibility index (Phi) is 5.22. The lowest BCUT2D eigenvalue weighted by Gasteiger charge is -2.19. The highest BCUT2D eigenvalue weighted by atomic mass is 35.5. The van der Waals surface area contributed by atoms with Gasteiger partial charge in [0.2, 0.25) is 11.1 Å². The number of nitrogens with two attached hydrogens (primary N) is 1. The molecule has 0 saturated carbocycles. The number of carbonyl (C=O) groups excluding carboxylic acids is 1. The number of carbonyl (C=O) groups is 1. The molecule has 2 N–H and O–H groups in total. The monoisotopic (exact) mass is 385 g/mol. The number of hydrogen-bond acceptors (Lipinski definition) is 5. The minimum Gasteiger partial charge on any atom is -0.342 e. The van der Waals surface area contributed by atoms with E-state index in [0.29, 0.717) is 26.6 Å². The fourth-order valence-electron chi connectivity index (χ4n) is 2.61. The van der Waals surface area contributed by atoms with Gasteiger partial charge in [0.25, 0.3) is 0 Å². The molecular weight excluding hydrogens is 369 g/mol. The summed E-state index contributed by atoms with van der Waals surface area (Å²) in [6.07, 6.45) is 2.13. The normalized spacial score (nSPS) is 15.7. The van der Waals surface area contributed by atoms with Gasteiger partial charge < -0.3 is 10.7 Å². The van der Waals surface area contributed by atoms with Gasteiger partial charge in [0.05, 0.1) is 10.3 Å². The van der Waals surface area contributed by atoms with Gasteiger partial charge in [-0.15, -0.1) is 10.2 Å². The van der Waals surface area contributed by atoms with Crippen molar-refractivity contribution in [3.63, 3.8) is 0 Å². The van der Waals surface area contributed by atoms with E-state index in [1.54, 1.807) is 18.2 Å². The summed E-state index contributed by atoms with van der Waals surface area (Å²) in [6, 6.07) is 5.06. The van der Waals surface area contributed by atoms with Crippen LogP contribution in [0.5, 0.6) is 0 Å². The fraction of sp³-hybridized carbons (Fsp3) is 0.400. The van der Waals surface area contributed by atoms with Gasteiger partial charge in [-0.3, -0.25) is 4.79 Å². The number of halogens is 2. The molecule has 1 aliphatic heterocycles. The molecule has 2 aromatic rings. The molecule has 128 valence electrons. The van der Waals surface area contributed by atoms with E-state index < -0.39 is 0 Å². The Morgan fingerprint density at radius 2 is 2.00 bits per heavy atom. The Labute approximate surface area is 154 Å². The Bertz CT molecular complexity index is 760. The Hall–Kier alpha value is -1.44. The van der Waals surface area contributed by atoms with Crippen LogP contribution < -0.4 is 5.84 Å². The van der Waals surface area contributed by atoms with Crippen molar-refractivity contribution in [1.82, 2.24) is 19.8 Å². The van der Waals surface area contributed by atoms with Crippen molar-refractivity contribution < 1.29 is 4.79 Å². The minimum atomic E-state index is -0.280. The molecule has 1 aromatic carbocycles. The Morgan fingerprint density at radius 3 is 2.71 bits per heavy atom. The molecule has 9 heteroatoms. The second-order valence-corrected chi connectivity index (χ2v) is 7.74. The third-order valence-electron chi connectivity index (χ3n) is 3.88. The number of aromatic nitrogens is 3. The van der Waals surface area contributed by atoms with Crippen molar-refractivity contribution in [3.8, 4) is 11.4 Å². The predicted octanol–water partition coefficient (Wildman–Crippen LogP) is 3.07. The van der Waals surface area contributed by atoms with Crippen LogP contribution in [0.3, 0.4) is 0 Å². The molecule has 1 aliphatic rings. The number of thioether (sulfide) groups is 1. The van der Waals surface area contributed by atoms with E-state index >= 15 is 0 Å². The summed E-state index contributed by atoms with van der Waals surface area (Å²) < 4.78 is 1.34.